The second kappa shape index (κ2) is 11.4. The number of allylic oxidation sites excluding steroid dienone is 1. The number of hydrogen-bond donors (Lipinski definition) is 1. The summed E-state index contributed by atoms with van der Waals surface area (Å²) >= 11 is 0. The number of ether oxygens (including phenoxy) is 1. The molecule has 1 atom stereocenters. The molecule has 1 saturated heterocycles. The zero-order valence-corrected chi connectivity index (χ0v) is 23.1. The summed E-state index contributed by atoms with van der Waals surface area (Å²) in [7, 11) is 0. The maximum atomic E-state index is 15.4. The van der Waals surface area contributed by atoms with E-state index in [4.69, 9.17) is 4.74 Å². The first-order chi connectivity index (χ1) is 20.6. The van der Waals surface area contributed by atoms with Crippen molar-refractivity contribution in [2.24, 2.45) is 5.92 Å². The van der Waals surface area contributed by atoms with E-state index in [0.717, 1.165) is 59.9 Å². The molecule has 1 unspecified atom stereocenters. The summed E-state index contributed by atoms with van der Waals surface area (Å²) in [5.41, 5.74) is 7.28. The Labute approximate surface area is 242 Å². The second-order valence-electron chi connectivity index (χ2n) is 11.0. The van der Waals surface area contributed by atoms with Crippen molar-refractivity contribution >= 4 is 34.2 Å². The highest BCUT2D eigenvalue weighted by Gasteiger charge is 2.28. The van der Waals surface area contributed by atoms with Gasteiger partial charge in [0.15, 0.2) is 12.1 Å². The van der Waals surface area contributed by atoms with Gasteiger partial charge in [0.1, 0.15) is 0 Å². The van der Waals surface area contributed by atoms with Crippen molar-refractivity contribution in [3.8, 4) is 0 Å². The summed E-state index contributed by atoms with van der Waals surface area (Å²) in [6, 6.07) is 24.8. The van der Waals surface area contributed by atoms with Gasteiger partial charge in [-0.15, -0.1) is 5.10 Å². The van der Waals surface area contributed by atoms with Crippen molar-refractivity contribution in [3.05, 3.63) is 117 Å². The molecule has 0 spiro atoms. The minimum absolute atomic E-state index is 0.239. The van der Waals surface area contributed by atoms with Gasteiger partial charge in [-0.25, -0.2) is 9.48 Å². The molecule has 0 radical (unpaired) electrons. The van der Waals surface area contributed by atoms with Crippen molar-refractivity contribution in [1.82, 2.24) is 19.9 Å². The van der Waals surface area contributed by atoms with Gasteiger partial charge in [0, 0.05) is 6.61 Å². The van der Waals surface area contributed by atoms with Gasteiger partial charge in [0.25, 0.3) is 0 Å². The van der Waals surface area contributed by atoms with Crippen molar-refractivity contribution in [2.75, 3.05) is 6.61 Å². The van der Waals surface area contributed by atoms with Gasteiger partial charge in [-0.3, -0.25) is 9.51 Å². The summed E-state index contributed by atoms with van der Waals surface area (Å²) < 4.78 is 27.6. The highest BCUT2D eigenvalue weighted by atomic mass is 19.1. The highest BCUT2D eigenvalue weighted by molar-refractivity contribution is 6.01. The number of aromatic amines is 1. The van der Waals surface area contributed by atoms with E-state index < -0.39 is 11.7 Å². The molecule has 2 aliphatic rings. The smallest absolute Gasteiger partial charge is 0.356 e. The molecule has 3 heterocycles. The predicted octanol–water partition coefficient (Wildman–Crippen LogP) is 7.48. The van der Waals surface area contributed by atoms with Crippen LogP contribution in [0, 0.1) is 11.9 Å². The van der Waals surface area contributed by atoms with E-state index in [1.165, 1.54) is 17.6 Å². The number of benzene rings is 3. The molecule has 212 valence electrons. The molecule has 2 aromatic heterocycles. The fourth-order valence-electron chi connectivity index (χ4n) is 6.02. The fourth-order valence-corrected chi connectivity index (χ4v) is 6.02. The van der Waals surface area contributed by atoms with Gasteiger partial charge < -0.3 is 4.74 Å². The molecule has 1 saturated carbocycles. The first kappa shape index (κ1) is 26.3. The SMILES string of the molecule is O=c1[nH]c(C=Cc2ccc(C(=C(c3ccccc3)C3CCC3)c3ccc4c(c3)c(F)nn4C3CCCCO3)cc2)no1. The largest absolute Gasteiger partial charge is 0.439 e. The topological polar surface area (TPSA) is 85.9 Å². The van der Waals surface area contributed by atoms with E-state index in [2.05, 4.69) is 62.2 Å². The van der Waals surface area contributed by atoms with Crippen molar-refractivity contribution in [3.63, 3.8) is 0 Å². The third kappa shape index (κ3) is 5.14. The minimum atomic E-state index is -0.588. The number of fused-ring (bicyclic) bond motifs is 1. The lowest BCUT2D eigenvalue weighted by Gasteiger charge is -2.31. The summed E-state index contributed by atoms with van der Waals surface area (Å²) in [5, 5.41) is 8.47. The van der Waals surface area contributed by atoms with Gasteiger partial charge in [0.05, 0.1) is 10.9 Å². The number of nitrogens with one attached hydrogen (secondary N) is 1. The maximum Gasteiger partial charge on any atom is 0.439 e. The number of aromatic nitrogens is 4. The van der Waals surface area contributed by atoms with Crippen LogP contribution in [0.25, 0.3) is 34.2 Å². The third-order valence-electron chi connectivity index (χ3n) is 8.34. The summed E-state index contributed by atoms with van der Waals surface area (Å²) in [6.45, 7) is 0.669. The van der Waals surface area contributed by atoms with E-state index >= 15 is 4.39 Å². The first-order valence-electron chi connectivity index (χ1n) is 14.6. The summed E-state index contributed by atoms with van der Waals surface area (Å²) in [4.78, 5) is 13.8. The van der Waals surface area contributed by atoms with E-state index in [1.807, 2.05) is 36.4 Å². The number of rotatable bonds is 7. The zero-order chi connectivity index (χ0) is 28.5. The molecule has 2 fully saturated rings. The molecule has 1 aliphatic carbocycles. The first-order valence-corrected chi connectivity index (χ1v) is 14.6. The lowest BCUT2D eigenvalue weighted by Crippen LogP contribution is -2.19. The van der Waals surface area contributed by atoms with E-state index in [-0.39, 0.29) is 6.23 Å². The van der Waals surface area contributed by atoms with Crippen molar-refractivity contribution in [1.29, 1.82) is 0 Å². The second-order valence-corrected chi connectivity index (χ2v) is 11.0. The molecule has 42 heavy (non-hydrogen) atoms. The normalized spacial score (nSPS) is 18.4. The van der Waals surface area contributed by atoms with Crippen LogP contribution in [-0.4, -0.2) is 26.5 Å². The van der Waals surface area contributed by atoms with E-state index in [0.29, 0.717) is 23.7 Å². The molecule has 7 nitrogen and oxygen atoms in total. The van der Waals surface area contributed by atoms with Gasteiger partial charge in [-0.2, -0.15) is 4.39 Å². The Kier molecular flexibility index (Phi) is 7.13. The molecule has 5 aromatic rings. The number of H-pyrrole nitrogens is 1. The van der Waals surface area contributed by atoms with Crippen LogP contribution < -0.4 is 5.76 Å². The fraction of sp³-hybridized carbons (Fsp3) is 0.265. The molecule has 3 aromatic carbocycles. The number of halogens is 1. The zero-order valence-electron chi connectivity index (χ0n) is 23.1. The molecular weight excluding hydrogens is 531 g/mol. The Morgan fingerprint density at radius 1 is 0.905 bits per heavy atom. The van der Waals surface area contributed by atoms with Crippen LogP contribution in [-0.2, 0) is 4.74 Å². The monoisotopic (exact) mass is 562 g/mol. The van der Waals surface area contributed by atoms with Gasteiger partial charge in [-0.1, -0.05) is 78.3 Å². The standard InChI is InChI=1S/C34H31FN4O3/c35-33-27-21-26(17-18-28(27)39(37-33)30-11-4-5-20-41-30)32(31(24-9-6-10-24)23-7-2-1-3-8-23)25-15-12-22(13-16-25)14-19-29-36-34(40)42-38-29/h1-3,7-8,12-19,21,24,30H,4-6,9-11,20H2,(H,36,38,40). The van der Waals surface area contributed by atoms with Gasteiger partial charge >= 0.3 is 5.76 Å². The minimum Gasteiger partial charge on any atom is -0.356 e. The molecule has 0 bridgehead atoms. The van der Waals surface area contributed by atoms with E-state index in [9.17, 15) is 4.79 Å². The van der Waals surface area contributed by atoms with Gasteiger partial charge in [-0.05, 0) is 89.6 Å². The van der Waals surface area contributed by atoms with Crippen LogP contribution in [0.1, 0.15) is 72.8 Å². The quantitative estimate of drug-likeness (QED) is 0.208. The lowest BCUT2D eigenvalue weighted by atomic mass is 9.73. The Hall–Kier alpha value is -4.56. The Bertz CT molecular complexity index is 1820. The van der Waals surface area contributed by atoms with Crippen LogP contribution in [0.15, 0.2) is 82.1 Å². The predicted molar refractivity (Wildman–Crippen MR) is 161 cm³/mol. The number of nitrogens with zero attached hydrogens (tertiary/aromatic N) is 3. The van der Waals surface area contributed by atoms with Crippen molar-refractivity contribution in [2.45, 2.75) is 44.8 Å². The average molecular weight is 563 g/mol. The molecule has 8 heteroatoms. The molecule has 0 amide bonds. The van der Waals surface area contributed by atoms with E-state index in [1.54, 1.807) is 10.8 Å². The summed E-state index contributed by atoms with van der Waals surface area (Å²) in [6.07, 6.45) is 9.67. The van der Waals surface area contributed by atoms with Crippen LogP contribution in [0.4, 0.5) is 4.39 Å². The lowest BCUT2D eigenvalue weighted by molar-refractivity contribution is -0.0375. The maximum absolute atomic E-state index is 15.4. The number of hydrogen-bond acceptors (Lipinski definition) is 5. The van der Waals surface area contributed by atoms with Crippen LogP contribution in [0.2, 0.25) is 0 Å². The van der Waals surface area contributed by atoms with Crippen LogP contribution >= 0.6 is 0 Å². The molecule has 7 rings (SSSR count). The van der Waals surface area contributed by atoms with Gasteiger partial charge in [0.2, 0.25) is 5.95 Å². The van der Waals surface area contributed by atoms with Crippen molar-refractivity contribution < 1.29 is 13.7 Å². The third-order valence-corrected chi connectivity index (χ3v) is 8.34. The van der Waals surface area contributed by atoms with Crippen LogP contribution in [0.3, 0.4) is 0 Å². The van der Waals surface area contributed by atoms with Crippen LogP contribution in [0.5, 0.6) is 0 Å². The Morgan fingerprint density at radius 3 is 2.40 bits per heavy atom. The summed E-state index contributed by atoms with van der Waals surface area (Å²) in [5.74, 6) is -0.286. The Balaban J connectivity index is 1.35. The molecular formula is C34H31FN4O3. The Morgan fingerprint density at radius 2 is 1.71 bits per heavy atom. The average Bonchev–Trinajstić information content (AvgIpc) is 3.58. The molecule has 1 aliphatic heterocycles. The molecule has 1 N–H and O–H groups in total. The highest BCUT2D eigenvalue weighted by Crippen LogP contribution is 2.45.